The van der Waals surface area contributed by atoms with Crippen LogP contribution in [-0.4, -0.2) is 12.2 Å². The van der Waals surface area contributed by atoms with Gasteiger partial charge in [-0.05, 0) is 61.2 Å². The molecule has 0 aromatic carbocycles. The Labute approximate surface area is 96.2 Å². The van der Waals surface area contributed by atoms with Crippen molar-refractivity contribution in [2.24, 2.45) is 40.9 Å². The quantitative estimate of drug-likeness (QED) is 0.446. The molecule has 0 amide bonds. The molecule has 0 radical (unpaired) electrons. The molecule has 7 fully saturated rings. The van der Waals surface area contributed by atoms with E-state index in [1.54, 1.807) is 6.42 Å². The number of allylic oxidation sites excluding steroid dienone is 2. The van der Waals surface area contributed by atoms with Crippen molar-refractivity contribution in [3.63, 3.8) is 0 Å². The van der Waals surface area contributed by atoms with Crippen molar-refractivity contribution in [1.82, 2.24) is 0 Å². The van der Waals surface area contributed by atoms with Gasteiger partial charge in [-0.1, -0.05) is 12.2 Å². The van der Waals surface area contributed by atoms with Crippen molar-refractivity contribution in [1.29, 1.82) is 0 Å². The summed E-state index contributed by atoms with van der Waals surface area (Å²) in [4.78, 5) is 0. The Morgan fingerprint density at radius 2 is 2.06 bits per heavy atom. The smallest absolute Gasteiger partial charge is 0.0907 e. The molecule has 1 heterocycles. The largest absolute Gasteiger partial charge is 0.369 e. The summed E-state index contributed by atoms with van der Waals surface area (Å²) in [7, 11) is 0. The lowest BCUT2D eigenvalue weighted by atomic mass is 9.29. The van der Waals surface area contributed by atoms with Crippen molar-refractivity contribution in [2.45, 2.75) is 37.9 Å². The molecule has 16 heavy (non-hydrogen) atoms. The molecule has 1 spiro atoms. The second-order valence-corrected chi connectivity index (χ2v) is 7.44. The Hall–Kier alpha value is -0.300. The van der Waals surface area contributed by atoms with Gasteiger partial charge >= 0.3 is 0 Å². The molecule has 1 nitrogen and oxygen atoms in total. The third kappa shape index (κ3) is 0.580. The van der Waals surface area contributed by atoms with Gasteiger partial charge in [-0.15, -0.1) is 0 Å². The fourth-order valence-electron chi connectivity index (χ4n) is 6.99. The maximum atomic E-state index is 5.95. The van der Waals surface area contributed by atoms with E-state index in [1.165, 1.54) is 19.3 Å². The van der Waals surface area contributed by atoms with Gasteiger partial charge in [-0.2, -0.15) is 0 Å². The van der Waals surface area contributed by atoms with Crippen molar-refractivity contribution >= 4 is 0 Å². The van der Waals surface area contributed by atoms with Crippen LogP contribution in [0.5, 0.6) is 0 Å². The Bertz CT molecular complexity index is 427. The lowest BCUT2D eigenvalue weighted by molar-refractivity contribution is -0.244. The molecular formula is C15H18O. The van der Waals surface area contributed by atoms with Gasteiger partial charge in [0.25, 0.3) is 0 Å². The Morgan fingerprint density at radius 1 is 1.06 bits per heavy atom. The monoisotopic (exact) mass is 214 g/mol. The van der Waals surface area contributed by atoms with Gasteiger partial charge in [-0.3, -0.25) is 0 Å². The van der Waals surface area contributed by atoms with Gasteiger partial charge in [0, 0.05) is 5.41 Å². The highest BCUT2D eigenvalue weighted by molar-refractivity contribution is 5.35. The minimum atomic E-state index is 0.711. The minimum absolute atomic E-state index is 0.711. The maximum absolute atomic E-state index is 5.95. The van der Waals surface area contributed by atoms with Crippen molar-refractivity contribution < 1.29 is 4.74 Å². The molecular weight excluding hydrogens is 196 g/mol. The molecule has 1 aliphatic heterocycles. The van der Waals surface area contributed by atoms with Crippen LogP contribution < -0.4 is 0 Å². The van der Waals surface area contributed by atoms with E-state index in [1.807, 2.05) is 0 Å². The first-order chi connectivity index (χ1) is 7.88. The van der Waals surface area contributed by atoms with E-state index in [-0.39, 0.29) is 0 Å². The van der Waals surface area contributed by atoms with E-state index in [0.29, 0.717) is 5.41 Å². The predicted molar refractivity (Wildman–Crippen MR) is 59.6 cm³/mol. The van der Waals surface area contributed by atoms with Crippen molar-refractivity contribution in [2.75, 3.05) is 0 Å². The molecule has 6 saturated carbocycles. The van der Waals surface area contributed by atoms with E-state index in [4.69, 9.17) is 4.74 Å². The average molecular weight is 214 g/mol. The molecule has 9 unspecified atom stereocenters. The highest BCUT2D eigenvalue weighted by atomic mass is 16.6. The van der Waals surface area contributed by atoms with Gasteiger partial charge in [0.05, 0.1) is 12.2 Å². The number of rotatable bonds is 0. The zero-order valence-corrected chi connectivity index (χ0v) is 9.51. The highest BCUT2D eigenvalue weighted by Gasteiger charge is 2.86. The summed E-state index contributed by atoms with van der Waals surface area (Å²) >= 11 is 0. The van der Waals surface area contributed by atoms with Crippen LogP contribution in [0.15, 0.2) is 12.2 Å². The molecule has 8 aliphatic rings. The van der Waals surface area contributed by atoms with E-state index in [2.05, 4.69) is 12.2 Å². The molecule has 6 bridgehead atoms. The standard InChI is InChI=1S/C15H18O/c1-2-9-4-7(1)3-8-5-10-11(9)15(6-8)12(10)13-14(15)16-13/h1-2,7-14H,3-6H2. The molecule has 7 aliphatic carbocycles. The van der Waals surface area contributed by atoms with Gasteiger partial charge in [0.15, 0.2) is 0 Å². The number of hydrogen-bond donors (Lipinski definition) is 0. The van der Waals surface area contributed by atoms with Crippen LogP contribution in [0.25, 0.3) is 0 Å². The Balaban J connectivity index is 1.54. The summed E-state index contributed by atoms with van der Waals surface area (Å²) < 4.78 is 5.95. The third-order valence-electron chi connectivity index (χ3n) is 7.12. The second kappa shape index (κ2) is 2.05. The normalized spacial score (nSPS) is 75.5. The molecule has 0 N–H and O–H groups in total. The van der Waals surface area contributed by atoms with Crippen molar-refractivity contribution in [3.8, 4) is 0 Å². The van der Waals surface area contributed by atoms with E-state index < -0.39 is 0 Å². The van der Waals surface area contributed by atoms with Crippen LogP contribution in [0.1, 0.15) is 25.7 Å². The molecule has 8 rings (SSSR count). The number of ether oxygens (including phenoxy) is 1. The number of fused-ring (bicyclic) bond motifs is 1. The fourth-order valence-corrected chi connectivity index (χ4v) is 6.99. The van der Waals surface area contributed by atoms with Crippen LogP contribution >= 0.6 is 0 Å². The van der Waals surface area contributed by atoms with Gasteiger partial charge in [-0.25, -0.2) is 0 Å². The topological polar surface area (TPSA) is 12.5 Å². The molecule has 1 heteroatoms. The summed E-state index contributed by atoms with van der Waals surface area (Å²) in [6, 6.07) is 0. The zero-order valence-electron chi connectivity index (χ0n) is 9.51. The molecule has 1 saturated heterocycles. The van der Waals surface area contributed by atoms with E-state index in [0.717, 1.165) is 47.7 Å². The molecule has 0 aromatic rings. The fraction of sp³-hybridized carbons (Fsp3) is 0.867. The van der Waals surface area contributed by atoms with Crippen LogP contribution in [0.2, 0.25) is 0 Å². The lowest BCUT2D eigenvalue weighted by Gasteiger charge is -2.73. The summed E-state index contributed by atoms with van der Waals surface area (Å²) in [5.41, 5.74) is 0.711. The SMILES string of the molecule is C1=CC2CC1CC1CC3C2C2(C1)C1OC1C32. The van der Waals surface area contributed by atoms with Gasteiger partial charge in [0.1, 0.15) is 0 Å². The van der Waals surface area contributed by atoms with Crippen LogP contribution in [0.3, 0.4) is 0 Å². The van der Waals surface area contributed by atoms with Gasteiger partial charge < -0.3 is 4.74 Å². The Morgan fingerprint density at radius 3 is 3.06 bits per heavy atom. The molecule has 9 atom stereocenters. The Kier molecular flexibility index (Phi) is 1.01. The summed E-state index contributed by atoms with van der Waals surface area (Å²) in [5.74, 6) is 6.07. The summed E-state index contributed by atoms with van der Waals surface area (Å²) in [6.45, 7) is 0. The van der Waals surface area contributed by atoms with Crippen LogP contribution in [0.4, 0.5) is 0 Å². The van der Waals surface area contributed by atoms with E-state index in [9.17, 15) is 0 Å². The first kappa shape index (κ1) is 7.92. The first-order valence-electron chi connectivity index (χ1n) is 7.22. The molecule has 84 valence electrons. The first-order valence-corrected chi connectivity index (χ1v) is 7.22. The highest BCUT2D eigenvalue weighted by Crippen LogP contribution is 2.84. The predicted octanol–water partition coefficient (Wildman–Crippen LogP) is 2.62. The average Bonchev–Trinajstić information content (AvgIpc) is 2.77. The summed E-state index contributed by atoms with van der Waals surface area (Å²) in [5, 5.41) is 0. The number of hydrogen-bond acceptors (Lipinski definition) is 1. The summed E-state index contributed by atoms with van der Waals surface area (Å²) in [6.07, 6.45) is 12.7. The number of epoxide rings is 1. The maximum Gasteiger partial charge on any atom is 0.0907 e. The van der Waals surface area contributed by atoms with Crippen molar-refractivity contribution in [3.05, 3.63) is 12.2 Å². The molecule has 0 aromatic heterocycles. The van der Waals surface area contributed by atoms with Crippen LogP contribution in [0, 0.1) is 40.9 Å². The lowest BCUT2D eigenvalue weighted by Crippen LogP contribution is -2.74. The second-order valence-electron chi connectivity index (χ2n) is 7.44. The van der Waals surface area contributed by atoms with Crippen LogP contribution in [-0.2, 0) is 4.74 Å². The third-order valence-corrected chi connectivity index (χ3v) is 7.12. The van der Waals surface area contributed by atoms with Gasteiger partial charge in [0.2, 0.25) is 0 Å². The van der Waals surface area contributed by atoms with E-state index >= 15 is 0 Å². The zero-order chi connectivity index (χ0) is 10.1. The minimum Gasteiger partial charge on any atom is -0.369 e.